The van der Waals surface area contributed by atoms with Crippen molar-refractivity contribution < 1.29 is 4.42 Å². The molecule has 2 heterocycles. The van der Waals surface area contributed by atoms with E-state index in [-0.39, 0.29) is 0 Å². The Bertz CT molecular complexity index is 2420. The minimum Gasteiger partial charge on any atom is -0.456 e. The number of hydrogen-bond donors (Lipinski definition) is 0. The summed E-state index contributed by atoms with van der Waals surface area (Å²) in [6, 6.07) is 48.1. The number of rotatable bonds is 3. The molecule has 200 valence electrons. The van der Waals surface area contributed by atoms with E-state index in [2.05, 4.69) is 127 Å². The highest BCUT2D eigenvalue weighted by Gasteiger charge is 2.19. The Kier molecular flexibility index (Phi) is 5.16. The van der Waals surface area contributed by atoms with Gasteiger partial charge in [0.15, 0.2) is 17.5 Å². The number of furan rings is 1. The summed E-state index contributed by atoms with van der Waals surface area (Å²) in [5, 5.41) is 8.84. The van der Waals surface area contributed by atoms with Crippen molar-refractivity contribution in [1.82, 2.24) is 15.0 Å². The van der Waals surface area contributed by atoms with Crippen LogP contribution in [-0.2, 0) is 0 Å². The highest BCUT2D eigenvalue weighted by atomic mass is 16.3. The lowest BCUT2D eigenvalue weighted by molar-refractivity contribution is 0.669. The van der Waals surface area contributed by atoms with E-state index < -0.39 is 0 Å². The third-order valence-electron chi connectivity index (χ3n) is 8.30. The van der Waals surface area contributed by atoms with E-state index in [0.29, 0.717) is 17.5 Å². The summed E-state index contributed by atoms with van der Waals surface area (Å²) >= 11 is 0. The van der Waals surface area contributed by atoms with E-state index in [4.69, 9.17) is 19.4 Å². The molecule has 0 bridgehead atoms. The minimum atomic E-state index is 0.613. The second-order valence-electron chi connectivity index (χ2n) is 10.8. The van der Waals surface area contributed by atoms with Gasteiger partial charge in [-0.25, -0.2) is 15.0 Å². The molecule has 0 radical (unpaired) electrons. The third kappa shape index (κ3) is 3.81. The molecule has 0 amide bonds. The summed E-state index contributed by atoms with van der Waals surface area (Å²) in [5.74, 6) is 1.89. The summed E-state index contributed by atoms with van der Waals surface area (Å²) in [4.78, 5) is 15.5. The second-order valence-corrected chi connectivity index (χ2v) is 10.8. The molecule has 9 rings (SSSR count). The molecular weight excluding hydrogens is 526 g/mol. The van der Waals surface area contributed by atoms with Gasteiger partial charge in [0.25, 0.3) is 0 Å². The van der Waals surface area contributed by atoms with Crippen molar-refractivity contribution in [3.8, 4) is 34.2 Å². The summed E-state index contributed by atoms with van der Waals surface area (Å²) in [7, 11) is 0. The Labute approximate surface area is 246 Å². The van der Waals surface area contributed by atoms with Crippen LogP contribution in [0.1, 0.15) is 0 Å². The standard InChI is InChI=1S/C39H23N3O/c1-2-13-27-23-35-33(22-26(27)12-1)36-32(20-9-21-34(36)43-35)39-41-37(30-18-7-14-24-10-3-5-16-28(24)30)40-38(42-39)31-19-8-15-25-11-4-6-17-29(25)31/h1-23H. The van der Waals surface area contributed by atoms with Crippen LogP contribution in [0, 0.1) is 0 Å². The summed E-state index contributed by atoms with van der Waals surface area (Å²) in [5.41, 5.74) is 4.51. The molecular formula is C39H23N3O. The van der Waals surface area contributed by atoms with Gasteiger partial charge in [0.2, 0.25) is 0 Å². The molecule has 9 aromatic rings. The van der Waals surface area contributed by atoms with E-state index in [1.807, 2.05) is 12.1 Å². The van der Waals surface area contributed by atoms with Gasteiger partial charge in [0.05, 0.1) is 0 Å². The van der Waals surface area contributed by atoms with E-state index in [9.17, 15) is 0 Å². The first kappa shape index (κ1) is 23.8. The van der Waals surface area contributed by atoms with Gasteiger partial charge >= 0.3 is 0 Å². The predicted molar refractivity (Wildman–Crippen MR) is 176 cm³/mol. The van der Waals surface area contributed by atoms with Gasteiger partial charge in [-0.15, -0.1) is 0 Å². The van der Waals surface area contributed by atoms with Crippen LogP contribution in [0.2, 0.25) is 0 Å². The third-order valence-corrected chi connectivity index (χ3v) is 8.30. The van der Waals surface area contributed by atoms with E-state index in [0.717, 1.165) is 70.9 Å². The number of benzene rings is 7. The topological polar surface area (TPSA) is 51.8 Å². The molecule has 0 fully saturated rings. The fourth-order valence-electron chi connectivity index (χ4n) is 6.28. The SMILES string of the molecule is c1ccc2cc3c(cc2c1)oc1cccc(-c2nc(-c4cccc5ccccc45)nc(-c4cccc5ccccc45)n2)c13. The summed E-state index contributed by atoms with van der Waals surface area (Å²) in [6.45, 7) is 0. The molecule has 0 aliphatic rings. The van der Waals surface area contributed by atoms with Gasteiger partial charge in [-0.3, -0.25) is 0 Å². The zero-order chi connectivity index (χ0) is 28.3. The Morgan fingerprint density at radius 3 is 1.44 bits per heavy atom. The maximum Gasteiger partial charge on any atom is 0.164 e. The molecule has 7 aromatic carbocycles. The lowest BCUT2D eigenvalue weighted by Gasteiger charge is -2.12. The highest BCUT2D eigenvalue weighted by Crippen LogP contribution is 2.39. The molecule has 0 aliphatic carbocycles. The molecule has 0 unspecified atom stereocenters. The van der Waals surface area contributed by atoms with Crippen molar-refractivity contribution in [3.63, 3.8) is 0 Å². The van der Waals surface area contributed by atoms with E-state index in [1.54, 1.807) is 0 Å². The Hall–Kier alpha value is -5.87. The highest BCUT2D eigenvalue weighted by molar-refractivity contribution is 6.15. The van der Waals surface area contributed by atoms with Crippen molar-refractivity contribution >= 4 is 54.3 Å². The lowest BCUT2D eigenvalue weighted by atomic mass is 10.0. The van der Waals surface area contributed by atoms with Crippen LogP contribution >= 0.6 is 0 Å². The van der Waals surface area contributed by atoms with Gasteiger partial charge in [-0.2, -0.15) is 0 Å². The first-order valence-electron chi connectivity index (χ1n) is 14.4. The number of nitrogens with zero attached hydrogens (tertiary/aromatic N) is 3. The van der Waals surface area contributed by atoms with Crippen LogP contribution in [0.15, 0.2) is 144 Å². The zero-order valence-corrected chi connectivity index (χ0v) is 23.0. The van der Waals surface area contributed by atoms with Gasteiger partial charge < -0.3 is 4.42 Å². The average Bonchev–Trinajstić information content (AvgIpc) is 3.44. The molecule has 4 nitrogen and oxygen atoms in total. The predicted octanol–water partition coefficient (Wildman–Crippen LogP) is 10.2. The monoisotopic (exact) mass is 549 g/mol. The van der Waals surface area contributed by atoms with Gasteiger partial charge in [0, 0.05) is 27.5 Å². The van der Waals surface area contributed by atoms with Crippen molar-refractivity contribution in [1.29, 1.82) is 0 Å². The molecule has 0 spiro atoms. The summed E-state index contributed by atoms with van der Waals surface area (Å²) < 4.78 is 6.40. The number of fused-ring (bicyclic) bond motifs is 6. The van der Waals surface area contributed by atoms with E-state index >= 15 is 0 Å². The van der Waals surface area contributed by atoms with Crippen molar-refractivity contribution in [2.75, 3.05) is 0 Å². The van der Waals surface area contributed by atoms with Crippen LogP contribution in [0.4, 0.5) is 0 Å². The quantitative estimate of drug-likeness (QED) is 0.220. The molecule has 4 heteroatoms. The smallest absolute Gasteiger partial charge is 0.164 e. The number of aromatic nitrogens is 3. The van der Waals surface area contributed by atoms with Crippen LogP contribution in [0.5, 0.6) is 0 Å². The van der Waals surface area contributed by atoms with Crippen LogP contribution < -0.4 is 0 Å². The van der Waals surface area contributed by atoms with Crippen LogP contribution in [0.25, 0.3) is 88.4 Å². The van der Waals surface area contributed by atoms with Crippen molar-refractivity contribution in [3.05, 3.63) is 140 Å². The molecule has 0 aliphatic heterocycles. The van der Waals surface area contributed by atoms with Crippen molar-refractivity contribution in [2.45, 2.75) is 0 Å². The Balaban J connectivity index is 1.37. The fraction of sp³-hybridized carbons (Fsp3) is 0. The molecule has 43 heavy (non-hydrogen) atoms. The average molecular weight is 550 g/mol. The Morgan fingerprint density at radius 2 is 0.814 bits per heavy atom. The molecule has 2 aromatic heterocycles. The van der Waals surface area contributed by atoms with Gasteiger partial charge in [0.1, 0.15) is 11.2 Å². The summed E-state index contributed by atoms with van der Waals surface area (Å²) in [6.07, 6.45) is 0. The zero-order valence-electron chi connectivity index (χ0n) is 23.0. The Morgan fingerprint density at radius 1 is 0.349 bits per heavy atom. The van der Waals surface area contributed by atoms with Gasteiger partial charge in [-0.1, -0.05) is 121 Å². The minimum absolute atomic E-state index is 0.613. The second kappa shape index (κ2) is 9.33. The normalized spacial score (nSPS) is 11.7. The first-order chi connectivity index (χ1) is 21.3. The maximum absolute atomic E-state index is 6.40. The van der Waals surface area contributed by atoms with Gasteiger partial charge in [-0.05, 0) is 50.5 Å². The maximum atomic E-state index is 6.40. The fourth-order valence-corrected chi connectivity index (χ4v) is 6.28. The molecule has 0 atom stereocenters. The molecule has 0 saturated heterocycles. The lowest BCUT2D eigenvalue weighted by Crippen LogP contribution is -2.01. The van der Waals surface area contributed by atoms with E-state index in [1.165, 1.54) is 0 Å². The van der Waals surface area contributed by atoms with Crippen LogP contribution in [-0.4, -0.2) is 15.0 Å². The van der Waals surface area contributed by atoms with Crippen LogP contribution in [0.3, 0.4) is 0 Å². The molecule has 0 saturated carbocycles. The largest absolute Gasteiger partial charge is 0.456 e. The molecule has 0 N–H and O–H groups in total. The number of hydrogen-bond acceptors (Lipinski definition) is 4. The van der Waals surface area contributed by atoms with Crippen molar-refractivity contribution in [2.24, 2.45) is 0 Å². The first-order valence-corrected chi connectivity index (χ1v) is 14.4.